The van der Waals surface area contributed by atoms with E-state index in [1.54, 1.807) is 0 Å². The number of nitrogens with zero attached hydrogens (tertiary/aromatic N) is 1. The normalized spacial score (nSPS) is 11.8. The first-order valence-corrected chi connectivity index (χ1v) is 14.8. The van der Waals surface area contributed by atoms with E-state index in [4.69, 9.17) is 4.74 Å². The zero-order valence-corrected chi connectivity index (χ0v) is 23.0. The predicted octanol–water partition coefficient (Wildman–Crippen LogP) is 9.36. The fraction of sp³-hybridized carbons (Fsp3) is 0.806. The molecule has 0 N–H and O–H groups in total. The maximum absolute atomic E-state index is 6.07. The lowest BCUT2D eigenvalue weighted by atomic mass is 10.0. The lowest BCUT2D eigenvalue weighted by molar-refractivity contribution is -0.923. The number of ether oxygens (including phenoxy) is 1. The number of unbranched alkanes of at least 4 members (excludes halogenated alkanes) is 13. The predicted molar refractivity (Wildman–Crippen MR) is 147 cm³/mol. The Morgan fingerprint density at radius 3 is 1.70 bits per heavy atom. The highest BCUT2D eigenvalue weighted by Crippen LogP contribution is 2.18. The second kappa shape index (κ2) is 20.4. The van der Waals surface area contributed by atoms with Gasteiger partial charge in [0.15, 0.2) is 0 Å². The van der Waals surface area contributed by atoms with E-state index < -0.39 is 0 Å². The maximum Gasteiger partial charge on any atom is 0.119 e. The molecule has 1 rings (SSSR count). The van der Waals surface area contributed by atoms with Crippen LogP contribution in [0, 0.1) is 0 Å². The zero-order chi connectivity index (χ0) is 24.0. The molecular formula is C31H58NO+. The van der Waals surface area contributed by atoms with Crippen molar-refractivity contribution in [2.24, 2.45) is 0 Å². The molecule has 0 atom stereocenters. The summed E-state index contributed by atoms with van der Waals surface area (Å²) >= 11 is 0. The molecule has 33 heavy (non-hydrogen) atoms. The van der Waals surface area contributed by atoms with Crippen molar-refractivity contribution in [1.82, 2.24) is 0 Å². The van der Waals surface area contributed by atoms with Crippen LogP contribution >= 0.6 is 0 Å². The Bertz CT molecular complexity index is 543. The monoisotopic (exact) mass is 460 g/mol. The van der Waals surface area contributed by atoms with Crippen molar-refractivity contribution in [2.45, 2.75) is 130 Å². The highest BCUT2D eigenvalue weighted by molar-refractivity contribution is 5.28. The van der Waals surface area contributed by atoms with Crippen LogP contribution in [0.1, 0.15) is 130 Å². The summed E-state index contributed by atoms with van der Waals surface area (Å²) in [5.41, 5.74) is 1.44. The summed E-state index contributed by atoms with van der Waals surface area (Å²) in [6.45, 7) is 15.1. The van der Waals surface area contributed by atoms with Gasteiger partial charge in [-0.1, -0.05) is 96.1 Å². The van der Waals surface area contributed by atoms with Crippen LogP contribution in [-0.2, 0) is 6.42 Å². The number of hydrogen-bond donors (Lipinski definition) is 0. The highest BCUT2D eigenvalue weighted by atomic mass is 16.5. The quantitative estimate of drug-likeness (QED) is 0.117. The van der Waals surface area contributed by atoms with E-state index in [1.807, 2.05) is 0 Å². The fourth-order valence-corrected chi connectivity index (χ4v) is 5.02. The minimum absolute atomic E-state index is 0.847. The Morgan fingerprint density at radius 2 is 1.15 bits per heavy atom. The van der Waals surface area contributed by atoms with Gasteiger partial charge in [0.25, 0.3) is 0 Å². The summed E-state index contributed by atoms with van der Waals surface area (Å²) in [5.74, 6) is 1.06. The Hall–Kier alpha value is -1.02. The van der Waals surface area contributed by atoms with Crippen LogP contribution in [-0.4, -0.2) is 37.3 Å². The molecule has 0 unspecified atom stereocenters. The molecule has 1 aromatic carbocycles. The molecule has 0 amide bonds. The van der Waals surface area contributed by atoms with Crippen molar-refractivity contribution in [3.8, 4) is 5.75 Å². The van der Waals surface area contributed by atoms with Crippen molar-refractivity contribution in [1.29, 1.82) is 0 Å². The fourth-order valence-electron chi connectivity index (χ4n) is 5.02. The first-order valence-electron chi connectivity index (χ1n) is 14.8. The van der Waals surface area contributed by atoms with Crippen LogP contribution in [0.5, 0.6) is 5.75 Å². The van der Waals surface area contributed by atoms with E-state index in [0.717, 1.165) is 18.8 Å². The third-order valence-corrected chi connectivity index (χ3v) is 7.78. The molecule has 0 bridgehead atoms. The van der Waals surface area contributed by atoms with Gasteiger partial charge in [0, 0.05) is 0 Å². The van der Waals surface area contributed by atoms with Crippen molar-refractivity contribution >= 4 is 0 Å². The third-order valence-electron chi connectivity index (χ3n) is 7.78. The second-order valence-corrected chi connectivity index (χ2v) is 10.2. The molecule has 1 aromatic rings. The Labute approximate surface area is 208 Å². The van der Waals surface area contributed by atoms with Crippen molar-refractivity contribution < 1.29 is 9.22 Å². The van der Waals surface area contributed by atoms with Crippen LogP contribution in [0.15, 0.2) is 24.3 Å². The van der Waals surface area contributed by atoms with Gasteiger partial charge >= 0.3 is 0 Å². The molecule has 0 radical (unpaired) electrons. The average Bonchev–Trinajstić information content (AvgIpc) is 2.85. The summed E-state index contributed by atoms with van der Waals surface area (Å²) in [6, 6.07) is 8.83. The zero-order valence-electron chi connectivity index (χ0n) is 23.0. The van der Waals surface area contributed by atoms with E-state index in [-0.39, 0.29) is 0 Å². The molecule has 0 heterocycles. The standard InChI is InChI=1S/C31H58NO/c1-5-9-10-11-12-13-14-15-16-17-18-19-20-24-30-25-23-26-31(29-30)33-28-22-21-27-32(6-2,7-3)8-4/h23,25-26,29H,5-22,24,27-28H2,1-4H3/q+1. The molecule has 192 valence electrons. The van der Waals surface area contributed by atoms with E-state index in [2.05, 4.69) is 52.0 Å². The van der Waals surface area contributed by atoms with Gasteiger partial charge < -0.3 is 9.22 Å². The molecule has 0 aliphatic carbocycles. The summed E-state index contributed by atoms with van der Waals surface area (Å²) in [6.07, 6.45) is 22.1. The molecule has 0 aliphatic heterocycles. The van der Waals surface area contributed by atoms with E-state index in [9.17, 15) is 0 Å². The Kier molecular flexibility index (Phi) is 18.5. The van der Waals surface area contributed by atoms with Gasteiger partial charge in [-0.15, -0.1) is 0 Å². The van der Waals surface area contributed by atoms with Crippen LogP contribution in [0.2, 0.25) is 0 Å². The summed E-state index contributed by atoms with van der Waals surface area (Å²) in [7, 11) is 0. The van der Waals surface area contributed by atoms with Gasteiger partial charge in [-0.3, -0.25) is 0 Å². The summed E-state index contributed by atoms with van der Waals surface area (Å²) in [4.78, 5) is 0. The van der Waals surface area contributed by atoms with Crippen LogP contribution < -0.4 is 4.74 Å². The van der Waals surface area contributed by atoms with Gasteiger partial charge in [0.05, 0.1) is 32.8 Å². The van der Waals surface area contributed by atoms with Crippen LogP contribution in [0.3, 0.4) is 0 Å². The minimum Gasteiger partial charge on any atom is -0.494 e. The average molecular weight is 461 g/mol. The largest absolute Gasteiger partial charge is 0.494 e. The molecule has 2 heteroatoms. The molecule has 0 saturated carbocycles. The van der Waals surface area contributed by atoms with Gasteiger partial charge in [0.2, 0.25) is 0 Å². The van der Waals surface area contributed by atoms with Gasteiger partial charge in [0.1, 0.15) is 5.75 Å². The maximum atomic E-state index is 6.07. The highest BCUT2D eigenvalue weighted by Gasteiger charge is 2.19. The van der Waals surface area contributed by atoms with Gasteiger partial charge in [-0.25, -0.2) is 0 Å². The van der Waals surface area contributed by atoms with Crippen molar-refractivity contribution in [2.75, 3.05) is 32.8 Å². The third kappa shape index (κ3) is 14.8. The molecule has 0 saturated heterocycles. The topological polar surface area (TPSA) is 9.23 Å². The smallest absolute Gasteiger partial charge is 0.119 e. The lowest BCUT2D eigenvalue weighted by Gasteiger charge is -2.35. The Morgan fingerprint density at radius 1 is 0.606 bits per heavy atom. The van der Waals surface area contributed by atoms with Crippen LogP contribution in [0.4, 0.5) is 0 Å². The van der Waals surface area contributed by atoms with E-state index >= 15 is 0 Å². The summed E-state index contributed by atoms with van der Waals surface area (Å²) in [5, 5.41) is 0. The van der Waals surface area contributed by atoms with Crippen LogP contribution in [0.25, 0.3) is 0 Å². The number of rotatable bonds is 23. The minimum atomic E-state index is 0.847. The van der Waals surface area contributed by atoms with Crippen molar-refractivity contribution in [3.63, 3.8) is 0 Å². The molecule has 0 aliphatic rings. The number of quaternary nitrogens is 1. The van der Waals surface area contributed by atoms with E-state index in [1.165, 1.54) is 133 Å². The first kappa shape index (κ1) is 30.0. The SMILES string of the molecule is CCCCCCCCCCCCCCCc1cccc(OCCCC[N+](CC)(CC)CC)c1. The van der Waals surface area contributed by atoms with Crippen molar-refractivity contribution in [3.05, 3.63) is 29.8 Å². The van der Waals surface area contributed by atoms with E-state index in [0.29, 0.717) is 0 Å². The number of aryl methyl sites for hydroxylation is 1. The number of hydrogen-bond acceptors (Lipinski definition) is 1. The molecule has 0 fully saturated rings. The summed E-state index contributed by atoms with van der Waals surface area (Å²) < 4.78 is 7.32. The number of benzene rings is 1. The lowest BCUT2D eigenvalue weighted by Crippen LogP contribution is -2.48. The Balaban J connectivity index is 2.04. The van der Waals surface area contributed by atoms with Gasteiger partial charge in [-0.2, -0.15) is 0 Å². The molecular weight excluding hydrogens is 402 g/mol. The molecule has 2 nitrogen and oxygen atoms in total. The first-order chi connectivity index (χ1) is 16.2. The molecule has 0 spiro atoms. The van der Waals surface area contributed by atoms with Gasteiger partial charge in [-0.05, 0) is 64.2 Å². The molecule has 0 aromatic heterocycles. The second-order valence-electron chi connectivity index (χ2n) is 10.2.